The maximum atomic E-state index is 9.71. The number of hydrogen-bond donors (Lipinski definition) is 2. The van der Waals surface area contributed by atoms with Crippen LogP contribution in [0.3, 0.4) is 0 Å². The van der Waals surface area contributed by atoms with Gasteiger partial charge in [-0.15, -0.1) is 6.04 Å². The van der Waals surface area contributed by atoms with E-state index < -0.39 is 0 Å². The summed E-state index contributed by atoms with van der Waals surface area (Å²) in [5.41, 5.74) is 8.61. The minimum absolute atomic E-state index is 0. The third-order valence-corrected chi connectivity index (χ3v) is 3.13. The predicted octanol–water partition coefficient (Wildman–Crippen LogP) is 3.17. The van der Waals surface area contributed by atoms with Gasteiger partial charge in [-0.1, -0.05) is 25.3 Å². The first-order chi connectivity index (χ1) is 7.16. The molecule has 1 saturated carbocycles. The number of benzene rings is 1. The largest absolute Gasteiger partial charge is 0.675 e. The Morgan fingerprint density at radius 2 is 1.94 bits per heavy atom. The van der Waals surface area contributed by atoms with Gasteiger partial charge in [-0.2, -0.15) is 0 Å². The molecule has 0 spiro atoms. The van der Waals surface area contributed by atoms with E-state index in [9.17, 15) is 10.2 Å². The molecule has 1 aliphatic carbocycles. The monoisotopic (exact) mass is 295 g/mol. The van der Waals surface area contributed by atoms with Crippen molar-refractivity contribution >= 4 is 0 Å². The second-order valence-corrected chi connectivity index (χ2v) is 4.30. The first kappa shape index (κ1) is 13.9. The Bertz CT molecular complexity index is 357. The van der Waals surface area contributed by atoms with Crippen LogP contribution in [-0.4, -0.2) is 16.3 Å². The van der Waals surface area contributed by atoms with Gasteiger partial charge in [0.25, 0.3) is 0 Å². The summed E-state index contributed by atoms with van der Waals surface area (Å²) in [6.45, 7) is 0. The number of rotatable bonds is 1. The van der Waals surface area contributed by atoms with Gasteiger partial charge in [0.2, 0.25) is 0 Å². The van der Waals surface area contributed by atoms with E-state index in [-0.39, 0.29) is 56.2 Å². The standard InChI is InChI=1S/C12H16NO2.Y/c13-9-3-1-2-8(6-9)11-5-4-10(14)7-12(11)15;/h4-5,7-9,13-15H,1-3,6H2;/q-1;. The number of aromatic hydroxyl groups is 2. The molecule has 1 aliphatic rings. The second kappa shape index (κ2) is 5.99. The first-order valence-electron chi connectivity index (χ1n) is 5.40. The molecular weight excluding hydrogens is 279 g/mol. The van der Waals surface area contributed by atoms with E-state index in [1.807, 2.05) is 0 Å². The number of phenolic OH excluding ortho intramolecular Hbond substituents is 2. The third kappa shape index (κ3) is 3.19. The van der Waals surface area contributed by atoms with E-state index in [2.05, 4.69) is 0 Å². The molecule has 0 saturated heterocycles. The smallest absolute Gasteiger partial charge is 0.122 e. The van der Waals surface area contributed by atoms with Crippen LogP contribution in [-0.2, 0) is 32.7 Å². The summed E-state index contributed by atoms with van der Waals surface area (Å²) in [6.07, 6.45) is 3.88. The molecule has 2 atom stereocenters. The van der Waals surface area contributed by atoms with Crippen LogP contribution >= 0.6 is 0 Å². The Morgan fingerprint density at radius 1 is 1.19 bits per heavy atom. The average Bonchev–Trinajstić information content (AvgIpc) is 2.17. The number of nitrogens with one attached hydrogen (secondary N) is 1. The molecule has 4 heteroatoms. The Kier molecular flexibility index (Phi) is 5.22. The van der Waals surface area contributed by atoms with E-state index >= 15 is 0 Å². The maximum Gasteiger partial charge on any atom is 0.122 e. The summed E-state index contributed by atoms with van der Waals surface area (Å²) in [7, 11) is 0. The SMILES string of the molecule is [NH-]C1CCCC(c2ccc(O)cc2O)C1.[Y]. The van der Waals surface area contributed by atoms with Crippen molar-refractivity contribution in [3.63, 3.8) is 0 Å². The zero-order valence-corrected chi connectivity index (χ0v) is 12.0. The van der Waals surface area contributed by atoms with Crippen LogP contribution in [0.1, 0.15) is 37.2 Å². The Morgan fingerprint density at radius 3 is 2.56 bits per heavy atom. The average molecular weight is 295 g/mol. The molecule has 16 heavy (non-hydrogen) atoms. The summed E-state index contributed by atoms with van der Waals surface area (Å²) in [6, 6.07) is 4.75. The van der Waals surface area contributed by atoms with Gasteiger partial charge in [0, 0.05) is 38.8 Å². The number of phenols is 2. The molecule has 1 fully saturated rings. The van der Waals surface area contributed by atoms with Gasteiger partial charge in [-0.3, -0.25) is 0 Å². The predicted molar refractivity (Wildman–Crippen MR) is 59.1 cm³/mol. The fraction of sp³-hybridized carbons (Fsp3) is 0.500. The van der Waals surface area contributed by atoms with Gasteiger partial charge < -0.3 is 15.9 Å². The van der Waals surface area contributed by atoms with Crippen LogP contribution in [0.5, 0.6) is 11.5 Å². The molecule has 0 aliphatic heterocycles. The van der Waals surface area contributed by atoms with E-state index in [0.717, 1.165) is 31.2 Å². The van der Waals surface area contributed by atoms with Crippen LogP contribution in [0.15, 0.2) is 18.2 Å². The fourth-order valence-electron chi connectivity index (χ4n) is 2.35. The van der Waals surface area contributed by atoms with E-state index in [1.165, 1.54) is 6.07 Å². The Balaban J connectivity index is 0.00000128. The summed E-state index contributed by atoms with van der Waals surface area (Å²) in [5.74, 6) is 0.533. The topological polar surface area (TPSA) is 64.3 Å². The van der Waals surface area contributed by atoms with Crippen LogP contribution in [0.2, 0.25) is 0 Å². The van der Waals surface area contributed by atoms with Gasteiger partial charge in [-0.05, 0) is 24.0 Å². The van der Waals surface area contributed by atoms with Crippen molar-refractivity contribution < 1.29 is 42.9 Å². The van der Waals surface area contributed by atoms with Crippen LogP contribution in [0, 0.1) is 0 Å². The maximum absolute atomic E-state index is 9.71. The molecular formula is C12H16NO2Y-. The van der Waals surface area contributed by atoms with Gasteiger partial charge in [-0.25, -0.2) is 0 Å². The molecule has 0 amide bonds. The van der Waals surface area contributed by atoms with Crippen molar-refractivity contribution in [2.45, 2.75) is 37.6 Å². The summed E-state index contributed by atoms with van der Waals surface area (Å²) in [4.78, 5) is 0. The quantitative estimate of drug-likeness (QED) is 0.835. The first-order valence-corrected chi connectivity index (χ1v) is 5.40. The third-order valence-electron chi connectivity index (χ3n) is 3.13. The molecule has 3 nitrogen and oxygen atoms in total. The normalized spacial score (nSPS) is 24.8. The molecule has 3 N–H and O–H groups in total. The zero-order valence-electron chi connectivity index (χ0n) is 9.19. The van der Waals surface area contributed by atoms with Crippen molar-refractivity contribution in [2.75, 3.05) is 0 Å². The molecule has 0 aromatic heterocycles. The molecule has 1 radical (unpaired) electrons. The molecule has 2 unspecified atom stereocenters. The van der Waals surface area contributed by atoms with E-state index in [4.69, 9.17) is 5.73 Å². The molecule has 85 valence electrons. The molecule has 1 aromatic rings. The van der Waals surface area contributed by atoms with Crippen molar-refractivity contribution in [3.05, 3.63) is 29.5 Å². The van der Waals surface area contributed by atoms with Crippen molar-refractivity contribution in [2.24, 2.45) is 0 Å². The molecule has 1 aromatic carbocycles. The van der Waals surface area contributed by atoms with Gasteiger partial charge in [0.15, 0.2) is 0 Å². The van der Waals surface area contributed by atoms with Crippen LogP contribution < -0.4 is 0 Å². The van der Waals surface area contributed by atoms with E-state index in [1.54, 1.807) is 12.1 Å². The van der Waals surface area contributed by atoms with E-state index in [0.29, 0.717) is 0 Å². The van der Waals surface area contributed by atoms with Crippen molar-refractivity contribution in [1.29, 1.82) is 0 Å². The Hall–Kier alpha value is -0.116. The van der Waals surface area contributed by atoms with Crippen molar-refractivity contribution in [3.8, 4) is 11.5 Å². The van der Waals surface area contributed by atoms with Crippen molar-refractivity contribution in [1.82, 2.24) is 0 Å². The minimum Gasteiger partial charge on any atom is -0.675 e. The molecule has 0 bridgehead atoms. The van der Waals surface area contributed by atoms with Crippen LogP contribution in [0.4, 0.5) is 0 Å². The van der Waals surface area contributed by atoms with Gasteiger partial charge >= 0.3 is 0 Å². The van der Waals surface area contributed by atoms with Crippen LogP contribution in [0.25, 0.3) is 5.73 Å². The number of hydrogen-bond acceptors (Lipinski definition) is 2. The van der Waals surface area contributed by atoms with Gasteiger partial charge in [0.05, 0.1) is 0 Å². The summed E-state index contributed by atoms with van der Waals surface area (Å²) < 4.78 is 0. The summed E-state index contributed by atoms with van der Waals surface area (Å²) >= 11 is 0. The minimum atomic E-state index is -0.00282. The molecule has 0 heterocycles. The second-order valence-electron chi connectivity index (χ2n) is 4.30. The fourth-order valence-corrected chi connectivity index (χ4v) is 2.35. The summed E-state index contributed by atoms with van der Waals surface area (Å²) in [5, 5.41) is 18.9. The molecule has 2 rings (SSSR count). The van der Waals surface area contributed by atoms with Gasteiger partial charge in [0.1, 0.15) is 11.5 Å². The Labute approximate surface area is 121 Å². The zero-order chi connectivity index (χ0) is 10.8.